The molecule has 0 unspecified atom stereocenters. The van der Waals surface area contributed by atoms with Crippen LogP contribution >= 0.6 is 0 Å². The number of hydrogen-bond donors (Lipinski definition) is 2. The Kier molecular flexibility index (Phi) is 5.90. The van der Waals surface area contributed by atoms with Gasteiger partial charge in [0, 0.05) is 13.2 Å². The summed E-state index contributed by atoms with van der Waals surface area (Å²) in [5.41, 5.74) is 0. The Hall–Kier alpha value is -0.0551. The summed E-state index contributed by atoms with van der Waals surface area (Å²) in [7, 11) is 0.621. The summed E-state index contributed by atoms with van der Waals surface area (Å²) in [6.45, 7) is 0.487. The molecule has 0 saturated heterocycles. The summed E-state index contributed by atoms with van der Waals surface area (Å²) in [4.78, 5) is 0. The van der Waals surface area contributed by atoms with Crippen LogP contribution in [0.5, 0.6) is 0 Å². The molecule has 0 rings (SSSR count). The summed E-state index contributed by atoms with van der Waals surface area (Å²) < 4.78 is 4.34. The predicted molar refractivity (Wildman–Crippen MR) is 25.6 cm³/mol. The molecule has 0 heterocycles. The molecule has 0 bridgehead atoms. The average Bonchev–Trinajstić information content (AvgIpc) is 1.69. The minimum absolute atomic E-state index is 0.105. The maximum Gasteiger partial charge on any atom is 0.485 e. The Bertz CT molecular complexity index is 29.4. The molecule has 0 atom stereocenters. The molecule has 7 heavy (non-hydrogen) atoms. The Labute approximate surface area is 43.2 Å². The van der Waals surface area contributed by atoms with Gasteiger partial charge in [0.05, 0.1) is 0 Å². The van der Waals surface area contributed by atoms with Crippen LogP contribution in [-0.2, 0) is 4.65 Å². The largest absolute Gasteiger partial charge is 0.485 e. The fourth-order valence-electron chi connectivity index (χ4n) is 0.201. The van der Waals surface area contributed by atoms with Crippen LogP contribution in [0.3, 0.4) is 0 Å². The lowest BCUT2D eigenvalue weighted by molar-refractivity contribution is 0.222. The first-order valence-electron chi connectivity index (χ1n) is 2.10. The van der Waals surface area contributed by atoms with Crippen molar-refractivity contribution in [3.63, 3.8) is 0 Å². The number of hydrogen-bond acceptors (Lipinski definition) is 3. The second kappa shape index (κ2) is 5.94. The second-order valence-corrected chi connectivity index (χ2v) is 1.05. The zero-order chi connectivity index (χ0) is 5.54. The first kappa shape index (κ1) is 6.94. The van der Waals surface area contributed by atoms with Gasteiger partial charge in [-0.3, -0.25) is 0 Å². The van der Waals surface area contributed by atoms with Crippen LogP contribution in [0, 0.1) is 0 Å². The van der Waals surface area contributed by atoms with E-state index in [1.165, 1.54) is 0 Å². The highest BCUT2D eigenvalue weighted by Crippen LogP contribution is 1.74. The van der Waals surface area contributed by atoms with Crippen molar-refractivity contribution >= 4 is 7.69 Å². The molecule has 0 fully saturated rings. The third-order valence-electron chi connectivity index (χ3n) is 0.495. The van der Waals surface area contributed by atoms with E-state index in [4.69, 9.17) is 10.1 Å². The van der Waals surface area contributed by atoms with Crippen molar-refractivity contribution in [2.45, 2.75) is 6.42 Å². The van der Waals surface area contributed by atoms with Gasteiger partial charge in [0.1, 0.15) is 0 Å². The average molecular weight is 103 g/mol. The maximum absolute atomic E-state index is 8.12. The smallest absolute Gasteiger partial charge is 0.429 e. The van der Waals surface area contributed by atoms with E-state index in [0.717, 1.165) is 0 Å². The van der Waals surface area contributed by atoms with Crippen LogP contribution in [0.4, 0.5) is 0 Å². The third-order valence-corrected chi connectivity index (χ3v) is 0.495. The second-order valence-electron chi connectivity index (χ2n) is 1.05. The Balaban J connectivity index is 2.45. The fraction of sp³-hybridized carbons (Fsp3) is 1.00. The first-order chi connectivity index (χ1) is 3.41. The van der Waals surface area contributed by atoms with E-state index < -0.39 is 0 Å². The van der Waals surface area contributed by atoms with Gasteiger partial charge in [0.25, 0.3) is 0 Å². The molecule has 0 aromatic rings. The Morgan fingerprint density at radius 1 is 1.57 bits per heavy atom. The molecule has 0 aliphatic heterocycles. The zero-order valence-electron chi connectivity index (χ0n) is 4.00. The molecule has 0 aromatic heterocycles. The van der Waals surface area contributed by atoms with Crippen molar-refractivity contribution in [1.29, 1.82) is 0 Å². The van der Waals surface area contributed by atoms with E-state index in [2.05, 4.69) is 4.65 Å². The minimum atomic E-state index is 0.105. The molecule has 0 saturated carbocycles. The Morgan fingerprint density at radius 2 is 2.29 bits per heavy atom. The van der Waals surface area contributed by atoms with Gasteiger partial charge >= 0.3 is 7.69 Å². The van der Waals surface area contributed by atoms with E-state index in [-0.39, 0.29) is 6.61 Å². The summed E-state index contributed by atoms with van der Waals surface area (Å²) in [5.74, 6) is 0. The van der Waals surface area contributed by atoms with Gasteiger partial charge in [-0.1, -0.05) is 0 Å². The quantitative estimate of drug-likeness (QED) is 0.351. The van der Waals surface area contributed by atoms with E-state index >= 15 is 0 Å². The van der Waals surface area contributed by atoms with E-state index in [9.17, 15) is 0 Å². The van der Waals surface area contributed by atoms with Crippen LogP contribution in [0.1, 0.15) is 6.42 Å². The van der Waals surface area contributed by atoms with E-state index in [1.54, 1.807) is 0 Å². The first-order valence-corrected chi connectivity index (χ1v) is 2.10. The van der Waals surface area contributed by atoms with Crippen LogP contribution in [0.2, 0.25) is 0 Å². The molecule has 0 aromatic carbocycles. The molecule has 0 amide bonds. The number of aliphatic hydroxyl groups excluding tert-OH is 1. The van der Waals surface area contributed by atoms with Crippen molar-refractivity contribution in [2.75, 3.05) is 13.2 Å². The summed E-state index contributed by atoms with van der Waals surface area (Å²) in [5, 5.41) is 16.0. The van der Waals surface area contributed by atoms with Crippen molar-refractivity contribution in [1.82, 2.24) is 0 Å². The number of rotatable bonds is 4. The van der Waals surface area contributed by atoms with Gasteiger partial charge in [0.2, 0.25) is 0 Å². The van der Waals surface area contributed by atoms with Gasteiger partial charge < -0.3 is 14.8 Å². The molecular weight excluding hydrogens is 94.8 g/mol. The Morgan fingerprint density at radius 3 is 2.71 bits per heavy atom. The topological polar surface area (TPSA) is 49.7 Å². The molecule has 4 heteroatoms. The molecular formula is C3H8BO3. The summed E-state index contributed by atoms with van der Waals surface area (Å²) in [6.07, 6.45) is 0.567. The van der Waals surface area contributed by atoms with Crippen LogP contribution in [-0.4, -0.2) is 31.0 Å². The van der Waals surface area contributed by atoms with Crippen LogP contribution in [0.15, 0.2) is 0 Å². The zero-order valence-corrected chi connectivity index (χ0v) is 4.00. The standard InChI is InChI=1S/C3H8BO3/c5-2-1-3-7-4-6/h5-6H,1-3H2. The highest BCUT2D eigenvalue weighted by atomic mass is 16.5. The predicted octanol–water partition coefficient (Wildman–Crippen LogP) is -1.09. The lowest BCUT2D eigenvalue weighted by Gasteiger charge is -1.92. The van der Waals surface area contributed by atoms with Crippen molar-refractivity contribution in [3.8, 4) is 0 Å². The van der Waals surface area contributed by atoms with Crippen molar-refractivity contribution < 1.29 is 14.8 Å². The monoisotopic (exact) mass is 103 g/mol. The van der Waals surface area contributed by atoms with E-state index in [0.29, 0.717) is 20.7 Å². The molecule has 2 N–H and O–H groups in total. The molecule has 0 spiro atoms. The molecule has 1 radical (unpaired) electrons. The van der Waals surface area contributed by atoms with Crippen molar-refractivity contribution in [3.05, 3.63) is 0 Å². The van der Waals surface area contributed by atoms with E-state index in [1.807, 2.05) is 0 Å². The normalized spacial score (nSPS) is 8.86. The highest BCUT2D eigenvalue weighted by molar-refractivity contribution is 6.15. The SMILES string of the molecule is O[B]OCCCO. The summed E-state index contributed by atoms with van der Waals surface area (Å²) >= 11 is 0. The van der Waals surface area contributed by atoms with Crippen LogP contribution in [0.25, 0.3) is 0 Å². The van der Waals surface area contributed by atoms with Gasteiger partial charge in [0.15, 0.2) is 0 Å². The van der Waals surface area contributed by atoms with Gasteiger partial charge in [-0.25, -0.2) is 0 Å². The number of aliphatic hydroxyl groups is 1. The lowest BCUT2D eigenvalue weighted by Crippen LogP contribution is -2.00. The highest BCUT2D eigenvalue weighted by Gasteiger charge is 1.83. The van der Waals surface area contributed by atoms with Gasteiger partial charge in [-0.2, -0.15) is 0 Å². The summed E-state index contributed by atoms with van der Waals surface area (Å²) in [6, 6.07) is 0. The fourth-order valence-corrected chi connectivity index (χ4v) is 0.201. The maximum atomic E-state index is 8.12. The third kappa shape index (κ3) is 5.94. The molecule has 0 aliphatic carbocycles. The van der Waals surface area contributed by atoms with Gasteiger partial charge in [-0.15, -0.1) is 0 Å². The van der Waals surface area contributed by atoms with Gasteiger partial charge in [-0.05, 0) is 6.42 Å². The molecule has 41 valence electrons. The molecule has 3 nitrogen and oxygen atoms in total. The molecule has 0 aliphatic rings. The minimum Gasteiger partial charge on any atom is -0.429 e. The van der Waals surface area contributed by atoms with Crippen molar-refractivity contribution in [2.24, 2.45) is 0 Å². The van der Waals surface area contributed by atoms with Crippen LogP contribution < -0.4 is 0 Å². The lowest BCUT2D eigenvalue weighted by atomic mass is 10.4.